The van der Waals surface area contributed by atoms with Crippen LogP contribution in [0.15, 0.2) is 0 Å². The van der Waals surface area contributed by atoms with Gasteiger partial charge in [-0.1, -0.05) is 284 Å². The van der Waals surface area contributed by atoms with E-state index in [1.165, 1.54) is 250 Å². The third-order valence-electron chi connectivity index (χ3n) is 13.4. The average Bonchev–Trinajstić information content (AvgIpc) is 3.27. The van der Waals surface area contributed by atoms with Crippen LogP contribution in [0.1, 0.15) is 322 Å². The standard InChI is InChI=1S/C56H111NO5/c1-3-5-7-9-11-13-15-17-26-30-34-38-42-46-50-56(61)62-51-47-43-39-35-31-27-24-22-20-18-19-21-23-25-29-33-37-41-45-49-55(60)57-53(52-58)54(59)48-44-40-36-32-28-16-14-12-10-8-6-4-2/h53-54,58-59H,3-52H2,1-2H3,(H,57,60). The van der Waals surface area contributed by atoms with Crippen molar-refractivity contribution in [1.82, 2.24) is 5.32 Å². The Bertz CT molecular complexity index is 882. The predicted octanol–water partition coefficient (Wildman–Crippen LogP) is 17.1. The number of unbranched alkanes of at least 4 members (excludes halogenated alkanes) is 42. The number of aliphatic hydroxyl groups is 2. The van der Waals surface area contributed by atoms with Crippen molar-refractivity contribution in [2.45, 2.75) is 334 Å². The van der Waals surface area contributed by atoms with Crippen molar-refractivity contribution in [2.24, 2.45) is 0 Å². The monoisotopic (exact) mass is 878 g/mol. The molecule has 0 bridgehead atoms. The zero-order chi connectivity index (χ0) is 45.1. The van der Waals surface area contributed by atoms with Crippen molar-refractivity contribution in [3.63, 3.8) is 0 Å². The van der Waals surface area contributed by atoms with Crippen LogP contribution in [0.3, 0.4) is 0 Å². The molecule has 0 aromatic rings. The van der Waals surface area contributed by atoms with E-state index in [1.54, 1.807) is 0 Å². The minimum Gasteiger partial charge on any atom is -0.466 e. The van der Waals surface area contributed by atoms with Crippen LogP contribution in [0.5, 0.6) is 0 Å². The highest BCUT2D eigenvalue weighted by Gasteiger charge is 2.20. The lowest BCUT2D eigenvalue weighted by Crippen LogP contribution is -2.45. The molecule has 1 amide bonds. The number of aliphatic hydroxyl groups excluding tert-OH is 2. The van der Waals surface area contributed by atoms with Gasteiger partial charge in [0.25, 0.3) is 0 Å². The molecule has 0 heterocycles. The molecular formula is C56H111NO5. The Labute approximate surface area is 387 Å². The first-order valence-corrected chi connectivity index (χ1v) is 28.3. The summed E-state index contributed by atoms with van der Waals surface area (Å²) in [6.45, 7) is 4.96. The molecule has 0 fully saturated rings. The Morgan fingerprint density at radius 1 is 0.387 bits per heavy atom. The zero-order valence-corrected chi connectivity index (χ0v) is 42.1. The van der Waals surface area contributed by atoms with Gasteiger partial charge in [-0.2, -0.15) is 0 Å². The zero-order valence-electron chi connectivity index (χ0n) is 42.1. The van der Waals surface area contributed by atoms with E-state index in [0.717, 1.165) is 38.5 Å². The van der Waals surface area contributed by atoms with Crippen LogP contribution >= 0.6 is 0 Å². The van der Waals surface area contributed by atoms with Crippen molar-refractivity contribution >= 4 is 11.9 Å². The Morgan fingerprint density at radius 3 is 0.984 bits per heavy atom. The number of rotatable bonds is 53. The van der Waals surface area contributed by atoms with Crippen molar-refractivity contribution in [2.75, 3.05) is 13.2 Å². The molecule has 2 atom stereocenters. The molecule has 62 heavy (non-hydrogen) atoms. The summed E-state index contributed by atoms with van der Waals surface area (Å²) >= 11 is 0. The number of ether oxygens (including phenoxy) is 1. The molecule has 0 rings (SSSR count). The SMILES string of the molecule is CCCCCCCCCCCCCCCCC(=O)OCCCCCCCCCCCCCCCCCCCCCC(=O)NC(CO)C(O)CCCCCCCCCCCCCC. The molecule has 0 aliphatic rings. The van der Waals surface area contributed by atoms with Crippen LogP contribution in [0, 0.1) is 0 Å². The maximum atomic E-state index is 12.4. The number of amides is 1. The minimum absolute atomic E-state index is 0.0120. The molecule has 0 aromatic carbocycles. The number of hydrogen-bond acceptors (Lipinski definition) is 5. The summed E-state index contributed by atoms with van der Waals surface area (Å²) in [5.74, 6) is -0.0246. The van der Waals surface area contributed by atoms with E-state index in [2.05, 4.69) is 19.2 Å². The topological polar surface area (TPSA) is 95.9 Å². The third-order valence-corrected chi connectivity index (χ3v) is 13.4. The van der Waals surface area contributed by atoms with Gasteiger partial charge >= 0.3 is 5.97 Å². The van der Waals surface area contributed by atoms with Gasteiger partial charge in [0.05, 0.1) is 25.4 Å². The second-order valence-corrected chi connectivity index (χ2v) is 19.6. The molecule has 0 saturated heterocycles. The summed E-state index contributed by atoms with van der Waals surface area (Å²) in [6.07, 6.45) is 59.5. The second kappa shape index (κ2) is 52.5. The van der Waals surface area contributed by atoms with E-state index in [1.807, 2.05) is 0 Å². The van der Waals surface area contributed by atoms with Crippen molar-refractivity contribution in [1.29, 1.82) is 0 Å². The van der Waals surface area contributed by atoms with Gasteiger partial charge < -0.3 is 20.3 Å². The van der Waals surface area contributed by atoms with Gasteiger partial charge in [-0.25, -0.2) is 0 Å². The molecule has 2 unspecified atom stereocenters. The highest BCUT2D eigenvalue weighted by atomic mass is 16.5. The van der Waals surface area contributed by atoms with Crippen molar-refractivity contribution in [3.8, 4) is 0 Å². The Morgan fingerprint density at radius 2 is 0.661 bits per heavy atom. The smallest absolute Gasteiger partial charge is 0.305 e. The second-order valence-electron chi connectivity index (χ2n) is 19.6. The summed E-state index contributed by atoms with van der Waals surface area (Å²) in [6, 6.07) is -0.541. The fourth-order valence-electron chi connectivity index (χ4n) is 9.05. The summed E-state index contributed by atoms with van der Waals surface area (Å²) in [5, 5.41) is 23.2. The summed E-state index contributed by atoms with van der Waals surface area (Å²) < 4.78 is 5.48. The highest BCUT2D eigenvalue weighted by Crippen LogP contribution is 2.18. The Balaban J connectivity index is 3.37. The molecular weight excluding hydrogens is 767 g/mol. The molecule has 0 aliphatic carbocycles. The van der Waals surface area contributed by atoms with Gasteiger partial charge in [-0.05, 0) is 25.7 Å². The molecule has 3 N–H and O–H groups in total. The first-order chi connectivity index (χ1) is 30.5. The maximum Gasteiger partial charge on any atom is 0.305 e. The van der Waals surface area contributed by atoms with Crippen LogP contribution in [-0.2, 0) is 14.3 Å². The lowest BCUT2D eigenvalue weighted by atomic mass is 10.0. The van der Waals surface area contributed by atoms with Gasteiger partial charge in [0.15, 0.2) is 0 Å². The molecule has 0 aliphatic heterocycles. The first-order valence-electron chi connectivity index (χ1n) is 28.3. The largest absolute Gasteiger partial charge is 0.466 e. The number of hydrogen-bond donors (Lipinski definition) is 3. The fraction of sp³-hybridized carbons (Fsp3) is 0.964. The normalized spacial score (nSPS) is 12.5. The molecule has 0 spiro atoms. The number of carbonyl (C=O) groups is 2. The Kier molecular flexibility index (Phi) is 51.5. The van der Waals surface area contributed by atoms with Gasteiger partial charge in [0, 0.05) is 12.8 Å². The predicted molar refractivity (Wildman–Crippen MR) is 269 cm³/mol. The van der Waals surface area contributed by atoms with E-state index in [-0.39, 0.29) is 18.5 Å². The van der Waals surface area contributed by atoms with E-state index >= 15 is 0 Å². The number of carbonyl (C=O) groups excluding carboxylic acids is 2. The molecule has 370 valence electrons. The van der Waals surface area contributed by atoms with Gasteiger partial charge in [-0.15, -0.1) is 0 Å². The average molecular weight is 879 g/mol. The first kappa shape index (κ1) is 60.9. The Hall–Kier alpha value is -1.14. The summed E-state index contributed by atoms with van der Waals surface area (Å²) in [5.41, 5.74) is 0. The van der Waals surface area contributed by atoms with Crippen molar-refractivity contribution in [3.05, 3.63) is 0 Å². The van der Waals surface area contributed by atoms with Crippen LogP contribution in [0.4, 0.5) is 0 Å². The van der Waals surface area contributed by atoms with E-state index in [0.29, 0.717) is 25.9 Å². The van der Waals surface area contributed by atoms with Gasteiger partial charge in [0.1, 0.15) is 0 Å². The molecule has 0 saturated carbocycles. The maximum absolute atomic E-state index is 12.4. The van der Waals surface area contributed by atoms with Crippen LogP contribution in [0.2, 0.25) is 0 Å². The highest BCUT2D eigenvalue weighted by molar-refractivity contribution is 5.76. The molecule has 6 heteroatoms. The molecule has 6 nitrogen and oxygen atoms in total. The molecule has 0 aromatic heterocycles. The van der Waals surface area contributed by atoms with Gasteiger partial charge in [-0.3, -0.25) is 9.59 Å². The van der Waals surface area contributed by atoms with E-state index in [9.17, 15) is 19.8 Å². The minimum atomic E-state index is -0.663. The molecule has 0 radical (unpaired) electrons. The van der Waals surface area contributed by atoms with Crippen LogP contribution < -0.4 is 5.32 Å². The third kappa shape index (κ3) is 48.3. The van der Waals surface area contributed by atoms with Crippen LogP contribution in [-0.4, -0.2) is 47.4 Å². The summed E-state index contributed by atoms with van der Waals surface area (Å²) in [7, 11) is 0. The lowest BCUT2D eigenvalue weighted by Gasteiger charge is -2.22. The van der Waals surface area contributed by atoms with Crippen LogP contribution in [0.25, 0.3) is 0 Å². The number of esters is 1. The van der Waals surface area contributed by atoms with Crippen molar-refractivity contribution < 1.29 is 24.5 Å². The lowest BCUT2D eigenvalue weighted by molar-refractivity contribution is -0.143. The number of nitrogens with one attached hydrogen (secondary N) is 1. The van der Waals surface area contributed by atoms with E-state index in [4.69, 9.17) is 4.74 Å². The summed E-state index contributed by atoms with van der Waals surface area (Å²) in [4.78, 5) is 24.5. The fourth-order valence-corrected chi connectivity index (χ4v) is 9.05. The quantitative estimate of drug-likeness (QED) is 0.0418. The van der Waals surface area contributed by atoms with E-state index < -0.39 is 12.1 Å². The van der Waals surface area contributed by atoms with Gasteiger partial charge in [0.2, 0.25) is 5.91 Å².